The number of para-hydroxylation sites is 1. The summed E-state index contributed by atoms with van der Waals surface area (Å²) in [5.41, 5.74) is 5.95. The molecule has 0 fully saturated rings. The van der Waals surface area contributed by atoms with Crippen molar-refractivity contribution in [1.82, 2.24) is 15.3 Å². The highest BCUT2D eigenvalue weighted by Crippen LogP contribution is 2.24. The van der Waals surface area contributed by atoms with Gasteiger partial charge in [-0.15, -0.1) is 0 Å². The van der Waals surface area contributed by atoms with Crippen LogP contribution in [0.1, 0.15) is 26.5 Å². The third-order valence-electron chi connectivity index (χ3n) is 4.35. The number of hydrogen-bond donors (Lipinski definition) is 2. The number of nitrogens with zero attached hydrogens (tertiary/aromatic N) is 1. The van der Waals surface area contributed by atoms with E-state index in [0.29, 0.717) is 15.6 Å². The first kappa shape index (κ1) is 20.5. The lowest BCUT2D eigenvalue weighted by Crippen LogP contribution is -2.41. The fourth-order valence-corrected chi connectivity index (χ4v) is 3.63. The number of sulfonamides is 1. The summed E-state index contributed by atoms with van der Waals surface area (Å²) < 4.78 is 30.6. The summed E-state index contributed by atoms with van der Waals surface area (Å²) in [7, 11) is -1.33. The fraction of sp³-hybridized carbons (Fsp3) is 0.158. The Hall–Kier alpha value is -3.21. The predicted molar refractivity (Wildman–Crippen MR) is 104 cm³/mol. The van der Waals surface area contributed by atoms with Gasteiger partial charge in [0.1, 0.15) is 5.58 Å². The largest absolute Gasteiger partial charge is 0.451 e. The van der Waals surface area contributed by atoms with Gasteiger partial charge in [-0.05, 0) is 37.3 Å². The molecule has 9 nitrogen and oxygen atoms in total. The highest BCUT2D eigenvalue weighted by Gasteiger charge is 2.21. The van der Waals surface area contributed by atoms with Crippen LogP contribution in [0.25, 0.3) is 11.0 Å². The van der Waals surface area contributed by atoms with E-state index >= 15 is 0 Å². The van der Waals surface area contributed by atoms with E-state index < -0.39 is 21.8 Å². The van der Waals surface area contributed by atoms with Crippen LogP contribution in [0, 0.1) is 6.92 Å². The summed E-state index contributed by atoms with van der Waals surface area (Å²) in [4.78, 5) is 29.2. The summed E-state index contributed by atoms with van der Waals surface area (Å²) in [6.45, 7) is 1.75. The third-order valence-corrected chi connectivity index (χ3v) is 6.04. The number of hydroxylamine groups is 1. The minimum atomic E-state index is -3.81. The maximum absolute atomic E-state index is 12.3. The van der Waals surface area contributed by atoms with Crippen LogP contribution in [0.3, 0.4) is 0 Å². The Balaban J connectivity index is 1.69. The van der Waals surface area contributed by atoms with Gasteiger partial charge in [0.05, 0.1) is 12.0 Å². The number of furan rings is 1. The van der Waals surface area contributed by atoms with E-state index in [1.807, 2.05) is 12.1 Å². The SMILES string of the molecule is CON(C)S(=O)(=O)c1ccc(C(=O)NNC(=O)c2oc3ccccc3c2C)cc1. The summed E-state index contributed by atoms with van der Waals surface area (Å²) in [6, 6.07) is 12.4. The van der Waals surface area contributed by atoms with Crippen LogP contribution in [-0.4, -0.2) is 38.9 Å². The van der Waals surface area contributed by atoms with Crippen molar-refractivity contribution >= 4 is 32.8 Å². The second kappa shape index (κ2) is 8.03. The summed E-state index contributed by atoms with van der Waals surface area (Å²) >= 11 is 0. The number of benzene rings is 2. The molecule has 0 atom stereocenters. The van der Waals surface area contributed by atoms with Gasteiger partial charge in [-0.1, -0.05) is 22.7 Å². The number of aryl methyl sites for hydroxylation is 1. The fourth-order valence-electron chi connectivity index (χ4n) is 2.66. The predicted octanol–water partition coefficient (Wildman–Crippen LogP) is 2.00. The molecule has 29 heavy (non-hydrogen) atoms. The Morgan fingerprint density at radius 2 is 1.62 bits per heavy atom. The van der Waals surface area contributed by atoms with Gasteiger partial charge in [0.25, 0.3) is 15.9 Å². The van der Waals surface area contributed by atoms with Gasteiger partial charge in [0, 0.05) is 23.6 Å². The second-order valence-corrected chi connectivity index (χ2v) is 8.02. The molecule has 0 aliphatic rings. The van der Waals surface area contributed by atoms with Crippen molar-refractivity contribution in [3.05, 3.63) is 65.4 Å². The molecule has 0 spiro atoms. The number of carbonyl (C=O) groups is 2. The Kier molecular flexibility index (Phi) is 5.69. The van der Waals surface area contributed by atoms with Gasteiger partial charge in [-0.25, -0.2) is 8.42 Å². The van der Waals surface area contributed by atoms with Crippen LogP contribution >= 0.6 is 0 Å². The molecule has 0 aliphatic carbocycles. The first-order valence-corrected chi connectivity index (χ1v) is 9.91. The van der Waals surface area contributed by atoms with E-state index in [2.05, 4.69) is 10.9 Å². The van der Waals surface area contributed by atoms with Crippen molar-refractivity contribution in [1.29, 1.82) is 0 Å². The molecule has 0 aliphatic heterocycles. The number of amides is 2. The average Bonchev–Trinajstić information content (AvgIpc) is 3.08. The lowest BCUT2D eigenvalue weighted by atomic mass is 10.1. The first-order valence-electron chi connectivity index (χ1n) is 8.47. The van der Waals surface area contributed by atoms with Gasteiger partial charge >= 0.3 is 5.91 Å². The molecule has 2 N–H and O–H groups in total. The minimum Gasteiger partial charge on any atom is -0.451 e. The first-order chi connectivity index (χ1) is 13.8. The molecule has 1 heterocycles. The molecule has 152 valence electrons. The van der Waals surface area contributed by atoms with Crippen molar-refractivity contribution < 1.29 is 27.3 Å². The van der Waals surface area contributed by atoms with Crippen LogP contribution in [-0.2, 0) is 14.9 Å². The molecule has 0 bridgehead atoms. The van der Waals surface area contributed by atoms with Crippen LogP contribution in [0.2, 0.25) is 0 Å². The van der Waals surface area contributed by atoms with Gasteiger partial charge in [-0.2, -0.15) is 0 Å². The van der Waals surface area contributed by atoms with E-state index in [4.69, 9.17) is 9.25 Å². The van der Waals surface area contributed by atoms with Crippen LogP contribution in [0.5, 0.6) is 0 Å². The Morgan fingerprint density at radius 3 is 2.24 bits per heavy atom. The topological polar surface area (TPSA) is 118 Å². The zero-order valence-corrected chi connectivity index (χ0v) is 16.7. The summed E-state index contributed by atoms with van der Waals surface area (Å²) in [5, 5.41) is 0.807. The van der Waals surface area contributed by atoms with Crippen LogP contribution in [0.4, 0.5) is 0 Å². The Labute approximate surface area is 167 Å². The van der Waals surface area contributed by atoms with Gasteiger partial charge in [0.2, 0.25) is 0 Å². The van der Waals surface area contributed by atoms with Crippen LogP contribution in [0.15, 0.2) is 57.8 Å². The van der Waals surface area contributed by atoms with E-state index in [1.165, 1.54) is 38.4 Å². The molecule has 1 aromatic heterocycles. The molecule has 0 saturated carbocycles. The molecule has 10 heteroatoms. The molecule has 0 saturated heterocycles. The van der Waals surface area contributed by atoms with Crippen molar-refractivity contribution in [2.24, 2.45) is 0 Å². The van der Waals surface area contributed by atoms with Crippen molar-refractivity contribution in [3.8, 4) is 0 Å². The van der Waals surface area contributed by atoms with Crippen LogP contribution < -0.4 is 10.9 Å². The second-order valence-electron chi connectivity index (χ2n) is 6.08. The number of nitrogens with one attached hydrogen (secondary N) is 2. The number of carbonyl (C=O) groups excluding carboxylic acids is 2. The number of hydrogen-bond acceptors (Lipinski definition) is 6. The Morgan fingerprint density at radius 1 is 1.00 bits per heavy atom. The average molecular weight is 417 g/mol. The standard InChI is InChI=1S/C19H19N3O6S/c1-12-15-6-4-5-7-16(15)28-17(12)19(24)21-20-18(23)13-8-10-14(11-9-13)29(25,26)22(2)27-3/h4-11H,1-3H3,(H,20,23)(H,21,24). The quantitative estimate of drug-likeness (QED) is 0.613. The lowest BCUT2D eigenvalue weighted by molar-refractivity contribution is -0.0258. The van der Waals surface area contributed by atoms with E-state index in [-0.39, 0.29) is 16.2 Å². The van der Waals surface area contributed by atoms with Gasteiger partial charge < -0.3 is 4.42 Å². The molecule has 3 aromatic rings. The number of hydrazine groups is 1. The summed E-state index contributed by atoms with van der Waals surface area (Å²) in [5.74, 6) is -1.13. The van der Waals surface area contributed by atoms with Gasteiger partial charge in [-0.3, -0.25) is 25.3 Å². The number of fused-ring (bicyclic) bond motifs is 1. The van der Waals surface area contributed by atoms with Crippen molar-refractivity contribution in [2.45, 2.75) is 11.8 Å². The molecule has 0 radical (unpaired) electrons. The summed E-state index contributed by atoms with van der Waals surface area (Å²) in [6.07, 6.45) is 0. The molecular weight excluding hydrogens is 398 g/mol. The number of rotatable bonds is 5. The monoisotopic (exact) mass is 417 g/mol. The van der Waals surface area contributed by atoms with E-state index in [0.717, 1.165) is 5.39 Å². The molecule has 3 rings (SSSR count). The highest BCUT2D eigenvalue weighted by atomic mass is 32.2. The van der Waals surface area contributed by atoms with Gasteiger partial charge in [0.15, 0.2) is 5.76 Å². The molecule has 0 unspecified atom stereocenters. The molecule has 2 amide bonds. The maximum atomic E-state index is 12.3. The van der Waals surface area contributed by atoms with Crippen molar-refractivity contribution in [2.75, 3.05) is 14.2 Å². The molecular formula is C19H19N3O6S. The van der Waals surface area contributed by atoms with Crippen molar-refractivity contribution in [3.63, 3.8) is 0 Å². The Bertz CT molecular complexity index is 1170. The molecule has 2 aromatic carbocycles. The zero-order valence-electron chi connectivity index (χ0n) is 15.9. The normalized spacial score (nSPS) is 11.6. The highest BCUT2D eigenvalue weighted by molar-refractivity contribution is 7.89. The van der Waals surface area contributed by atoms with E-state index in [1.54, 1.807) is 19.1 Å². The smallest absolute Gasteiger partial charge is 0.305 e. The van der Waals surface area contributed by atoms with E-state index in [9.17, 15) is 18.0 Å². The zero-order chi connectivity index (χ0) is 21.2. The maximum Gasteiger partial charge on any atom is 0.305 e. The lowest BCUT2D eigenvalue weighted by Gasteiger charge is -2.14. The third kappa shape index (κ3) is 3.99. The minimum absolute atomic E-state index is 0.0414.